The number of H-pyrrole nitrogens is 1. The molecule has 0 aliphatic carbocycles. The van der Waals surface area contributed by atoms with Crippen LogP contribution in [0.4, 0.5) is 5.95 Å². The average molecular weight is 343 g/mol. The van der Waals surface area contributed by atoms with Crippen LogP contribution in [-0.4, -0.2) is 21.6 Å². The molecule has 1 aromatic carbocycles. The first-order chi connectivity index (χ1) is 11.7. The highest BCUT2D eigenvalue weighted by Gasteiger charge is 2.12. The second-order valence-corrected chi connectivity index (χ2v) is 6.11. The molecule has 3 heterocycles. The molecule has 0 amide bonds. The van der Waals surface area contributed by atoms with Crippen LogP contribution in [0.2, 0.25) is 5.02 Å². The van der Waals surface area contributed by atoms with Crippen LogP contribution in [-0.2, 0) is 24.3 Å². The minimum atomic E-state index is -0.135. The molecule has 0 spiro atoms. The lowest BCUT2D eigenvalue weighted by Gasteiger charge is -2.15. The van der Waals surface area contributed by atoms with E-state index in [1.807, 2.05) is 12.1 Å². The van der Waals surface area contributed by atoms with Crippen molar-refractivity contribution in [3.63, 3.8) is 0 Å². The number of fused-ring (bicyclic) bond motifs is 2. The van der Waals surface area contributed by atoms with E-state index >= 15 is 0 Å². The fraction of sp³-hybridized carbons (Fsp3) is 0.235. The minimum absolute atomic E-state index is 0.135. The van der Waals surface area contributed by atoms with Gasteiger partial charge < -0.3 is 15.0 Å². The van der Waals surface area contributed by atoms with Crippen molar-refractivity contribution < 1.29 is 4.74 Å². The number of pyridine rings is 1. The third kappa shape index (κ3) is 2.98. The van der Waals surface area contributed by atoms with Crippen molar-refractivity contribution >= 4 is 28.5 Å². The Hall–Kier alpha value is -2.44. The molecule has 24 heavy (non-hydrogen) atoms. The lowest BCUT2D eigenvalue weighted by molar-refractivity contribution is 0.109. The number of ether oxygens (including phenoxy) is 1. The van der Waals surface area contributed by atoms with Crippen LogP contribution < -0.4 is 10.9 Å². The predicted octanol–water partition coefficient (Wildman–Crippen LogP) is 2.66. The van der Waals surface area contributed by atoms with Gasteiger partial charge in [0.1, 0.15) is 0 Å². The Labute approximate surface area is 142 Å². The van der Waals surface area contributed by atoms with Crippen molar-refractivity contribution in [3.8, 4) is 0 Å². The van der Waals surface area contributed by atoms with Gasteiger partial charge in [-0.3, -0.25) is 4.79 Å². The zero-order valence-corrected chi connectivity index (χ0v) is 13.6. The third-order valence-corrected chi connectivity index (χ3v) is 4.25. The molecule has 2 N–H and O–H groups in total. The van der Waals surface area contributed by atoms with Crippen molar-refractivity contribution in [3.05, 3.63) is 62.7 Å². The summed E-state index contributed by atoms with van der Waals surface area (Å²) in [6.07, 6.45) is 2.55. The van der Waals surface area contributed by atoms with Gasteiger partial charge >= 0.3 is 0 Å². The summed E-state index contributed by atoms with van der Waals surface area (Å²) in [5.41, 5.74) is 3.25. The minimum Gasteiger partial charge on any atom is -0.376 e. The Kier molecular flexibility index (Phi) is 3.92. The maximum Gasteiger partial charge on any atom is 0.253 e. The molecule has 0 atom stereocenters. The zero-order valence-electron chi connectivity index (χ0n) is 12.8. The van der Waals surface area contributed by atoms with Crippen LogP contribution in [0.3, 0.4) is 0 Å². The fourth-order valence-electron chi connectivity index (χ4n) is 2.74. The van der Waals surface area contributed by atoms with Crippen LogP contribution in [0.1, 0.15) is 16.8 Å². The molecule has 4 rings (SSSR count). The summed E-state index contributed by atoms with van der Waals surface area (Å²) in [6.45, 7) is 1.57. The monoisotopic (exact) mass is 342 g/mol. The van der Waals surface area contributed by atoms with E-state index < -0.39 is 0 Å². The van der Waals surface area contributed by atoms with Gasteiger partial charge in [0.25, 0.3) is 5.56 Å². The molecule has 7 heteroatoms. The molecule has 0 saturated carbocycles. The first kappa shape index (κ1) is 15.1. The Balaban J connectivity index is 1.58. The highest BCUT2D eigenvalue weighted by molar-refractivity contribution is 6.31. The Morgan fingerprint density at radius 3 is 3.17 bits per heavy atom. The van der Waals surface area contributed by atoms with Crippen LogP contribution in [0, 0.1) is 0 Å². The van der Waals surface area contributed by atoms with E-state index in [0.29, 0.717) is 36.3 Å². The van der Waals surface area contributed by atoms with E-state index in [2.05, 4.69) is 20.3 Å². The van der Waals surface area contributed by atoms with Gasteiger partial charge in [-0.15, -0.1) is 0 Å². The second-order valence-electron chi connectivity index (χ2n) is 5.68. The number of nitrogens with one attached hydrogen (secondary N) is 2. The Morgan fingerprint density at radius 2 is 2.25 bits per heavy atom. The lowest BCUT2D eigenvalue weighted by Crippen LogP contribution is -2.18. The molecule has 1 aliphatic heterocycles. The van der Waals surface area contributed by atoms with Crippen LogP contribution in [0.25, 0.3) is 10.9 Å². The maximum absolute atomic E-state index is 12.2. The van der Waals surface area contributed by atoms with Crippen molar-refractivity contribution in [1.29, 1.82) is 0 Å². The first-order valence-corrected chi connectivity index (χ1v) is 8.05. The lowest BCUT2D eigenvalue weighted by atomic mass is 10.1. The van der Waals surface area contributed by atoms with Gasteiger partial charge in [0.2, 0.25) is 5.95 Å². The smallest absolute Gasteiger partial charge is 0.253 e. The molecule has 0 unspecified atom stereocenters. The number of aromatic amines is 1. The normalized spacial score (nSPS) is 13.7. The third-order valence-electron chi connectivity index (χ3n) is 4.02. The summed E-state index contributed by atoms with van der Waals surface area (Å²) < 4.78 is 5.37. The molecule has 3 aromatic rings. The number of hydrogen-bond acceptors (Lipinski definition) is 5. The van der Waals surface area contributed by atoms with Crippen LogP contribution >= 0.6 is 11.6 Å². The SMILES string of the molecule is O=c1[nH]c2ccc(Cl)cc2cc1CNc1ncc2c(n1)CCOC2. The summed E-state index contributed by atoms with van der Waals surface area (Å²) in [5, 5.41) is 4.64. The van der Waals surface area contributed by atoms with Gasteiger partial charge in [-0.2, -0.15) is 0 Å². The predicted molar refractivity (Wildman–Crippen MR) is 92.3 cm³/mol. The number of benzene rings is 1. The first-order valence-electron chi connectivity index (χ1n) is 7.67. The molecule has 0 radical (unpaired) electrons. The quantitative estimate of drug-likeness (QED) is 0.765. The molecule has 1 aliphatic rings. The standard InChI is InChI=1S/C17H15ClN4O2/c18-13-1-2-14-10(6-13)5-11(16(23)21-14)7-19-17-20-8-12-9-24-4-3-15(12)22-17/h1-2,5-6,8H,3-4,7,9H2,(H,21,23)(H,19,20,22). The maximum atomic E-state index is 12.2. The van der Waals surface area contributed by atoms with Crippen molar-refractivity contribution in [2.45, 2.75) is 19.6 Å². The van der Waals surface area contributed by atoms with Gasteiger partial charge in [-0.25, -0.2) is 9.97 Å². The van der Waals surface area contributed by atoms with Crippen molar-refractivity contribution in [2.75, 3.05) is 11.9 Å². The highest BCUT2D eigenvalue weighted by atomic mass is 35.5. The van der Waals surface area contributed by atoms with Gasteiger partial charge in [0.05, 0.1) is 18.9 Å². The van der Waals surface area contributed by atoms with E-state index in [1.165, 1.54) is 0 Å². The van der Waals surface area contributed by atoms with E-state index in [-0.39, 0.29) is 5.56 Å². The number of anilines is 1. The molecular formula is C17H15ClN4O2. The summed E-state index contributed by atoms with van der Waals surface area (Å²) >= 11 is 6.01. The summed E-state index contributed by atoms with van der Waals surface area (Å²) in [7, 11) is 0. The summed E-state index contributed by atoms with van der Waals surface area (Å²) in [5.74, 6) is 0.515. The van der Waals surface area contributed by atoms with E-state index in [4.69, 9.17) is 16.3 Å². The number of nitrogens with zero attached hydrogens (tertiary/aromatic N) is 2. The highest BCUT2D eigenvalue weighted by Crippen LogP contribution is 2.18. The van der Waals surface area contributed by atoms with Gasteiger partial charge in [0, 0.05) is 46.2 Å². The number of halogens is 1. The van der Waals surface area contributed by atoms with Gasteiger partial charge in [0.15, 0.2) is 0 Å². The molecule has 2 aromatic heterocycles. The topological polar surface area (TPSA) is 79.9 Å². The number of aromatic nitrogens is 3. The van der Waals surface area contributed by atoms with E-state index in [9.17, 15) is 4.79 Å². The largest absolute Gasteiger partial charge is 0.376 e. The second kappa shape index (κ2) is 6.22. The average Bonchev–Trinajstić information content (AvgIpc) is 2.60. The molecule has 0 fully saturated rings. The van der Waals surface area contributed by atoms with Gasteiger partial charge in [-0.05, 0) is 24.3 Å². The number of hydrogen-bond donors (Lipinski definition) is 2. The molecule has 0 saturated heterocycles. The number of rotatable bonds is 3. The molecule has 6 nitrogen and oxygen atoms in total. The Morgan fingerprint density at radius 1 is 1.33 bits per heavy atom. The molecule has 122 valence electrons. The molecular weight excluding hydrogens is 328 g/mol. The summed E-state index contributed by atoms with van der Waals surface area (Å²) in [6, 6.07) is 7.21. The Bertz CT molecular complexity index is 970. The molecule has 0 bridgehead atoms. The van der Waals surface area contributed by atoms with Gasteiger partial charge in [-0.1, -0.05) is 11.6 Å². The zero-order chi connectivity index (χ0) is 16.5. The van der Waals surface area contributed by atoms with Crippen LogP contribution in [0.15, 0.2) is 35.3 Å². The van der Waals surface area contributed by atoms with Crippen LogP contribution in [0.5, 0.6) is 0 Å². The van der Waals surface area contributed by atoms with E-state index in [1.54, 1.807) is 18.3 Å². The van der Waals surface area contributed by atoms with E-state index in [0.717, 1.165) is 28.6 Å². The summed E-state index contributed by atoms with van der Waals surface area (Å²) in [4.78, 5) is 23.8. The van der Waals surface area contributed by atoms with Crippen molar-refractivity contribution in [1.82, 2.24) is 15.0 Å². The van der Waals surface area contributed by atoms with Crippen molar-refractivity contribution in [2.24, 2.45) is 0 Å². The fourth-order valence-corrected chi connectivity index (χ4v) is 2.92.